The maximum absolute atomic E-state index is 5.09. The van der Waals surface area contributed by atoms with E-state index >= 15 is 0 Å². The highest BCUT2D eigenvalue weighted by Crippen LogP contribution is 2.19. The van der Waals surface area contributed by atoms with E-state index in [9.17, 15) is 0 Å². The van der Waals surface area contributed by atoms with Gasteiger partial charge >= 0.3 is 0 Å². The Morgan fingerprint density at radius 2 is 1.50 bits per heavy atom. The molecule has 144 valence electrons. The lowest BCUT2D eigenvalue weighted by atomic mass is 9.97. The fourth-order valence-electron chi connectivity index (χ4n) is 1.53. The van der Waals surface area contributed by atoms with E-state index in [1.807, 2.05) is 34.6 Å². The zero-order valence-electron chi connectivity index (χ0n) is 16.8. The van der Waals surface area contributed by atoms with Gasteiger partial charge in [0.25, 0.3) is 0 Å². The van der Waals surface area contributed by atoms with E-state index in [0.717, 1.165) is 11.7 Å². The van der Waals surface area contributed by atoms with E-state index in [1.165, 1.54) is 12.8 Å². The molecule has 0 amide bonds. The zero-order valence-corrected chi connectivity index (χ0v) is 16.8. The van der Waals surface area contributed by atoms with Gasteiger partial charge in [-0.15, -0.1) is 10.2 Å². The highest BCUT2D eigenvalue weighted by molar-refractivity contribution is 4.95. The maximum atomic E-state index is 5.09. The summed E-state index contributed by atoms with van der Waals surface area (Å²) in [6.45, 7) is 16.3. The molecule has 8 heteroatoms. The first-order valence-corrected chi connectivity index (χ1v) is 8.44. The monoisotopic (exact) mass is 363 g/mol. The van der Waals surface area contributed by atoms with E-state index < -0.39 is 0 Å². The second kappa shape index (κ2) is 9.26. The van der Waals surface area contributed by atoms with Crippen LogP contribution in [0.3, 0.4) is 0 Å². The van der Waals surface area contributed by atoms with Crippen LogP contribution in [0.1, 0.15) is 78.9 Å². The molecule has 0 aliphatic heterocycles. The van der Waals surface area contributed by atoms with E-state index in [1.54, 1.807) is 12.5 Å². The molecule has 3 aromatic heterocycles. The number of rotatable bonds is 1. The van der Waals surface area contributed by atoms with Crippen LogP contribution in [0, 0.1) is 0 Å². The van der Waals surface area contributed by atoms with Crippen molar-refractivity contribution in [1.29, 1.82) is 0 Å². The molecule has 0 aliphatic rings. The summed E-state index contributed by atoms with van der Waals surface area (Å²) in [5, 5.41) is 11.0. The predicted molar refractivity (Wildman–Crippen MR) is 96.6 cm³/mol. The standard InChI is InChI=1S/C7H11NO.C6H10N2O.C5H8N2O/c1-7(2,3)6-8-4-5-9-6;1-6(2,3)5-8-7-4-9-5;1-4(2)5-6-3-8-7-5/h4-5H,1-3H3;4H,1-3H3;3-4H,1-2H3. The van der Waals surface area contributed by atoms with E-state index in [4.69, 9.17) is 8.83 Å². The van der Waals surface area contributed by atoms with Crippen molar-refractivity contribution in [1.82, 2.24) is 25.3 Å². The molecule has 8 nitrogen and oxygen atoms in total. The molecule has 3 heterocycles. The molecule has 0 unspecified atom stereocenters. The van der Waals surface area contributed by atoms with Crippen molar-refractivity contribution in [3.63, 3.8) is 0 Å². The second-order valence-corrected chi connectivity index (χ2v) is 8.03. The first kappa shape index (κ1) is 21.5. The van der Waals surface area contributed by atoms with Crippen molar-refractivity contribution >= 4 is 0 Å². The topological polar surface area (TPSA) is 104 Å². The van der Waals surface area contributed by atoms with Crippen molar-refractivity contribution in [2.75, 3.05) is 0 Å². The van der Waals surface area contributed by atoms with Crippen molar-refractivity contribution in [2.45, 2.75) is 72.1 Å². The smallest absolute Gasteiger partial charge is 0.221 e. The maximum Gasteiger partial charge on any atom is 0.221 e. The molecular formula is C18H29N5O3. The lowest BCUT2D eigenvalue weighted by molar-refractivity contribution is 0.392. The number of hydrogen-bond acceptors (Lipinski definition) is 8. The summed E-state index contributed by atoms with van der Waals surface area (Å²) in [6, 6.07) is 0. The van der Waals surface area contributed by atoms with Gasteiger partial charge < -0.3 is 13.4 Å². The normalized spacial score (nSPS) is 11.4. The van der Waals surface area contributed by atoms with Gasteiger partial charge in [-0.3, -0.25) is 0 Å². The molecule has 3 aromatic rings. The van der Waals surface area contributed by atoms with Crippen LogP contribution in [0.15, 0.2) is 38.6 Å². The number of oxazole rings is 1. The Kier molecular flexibility index (Phi) is 7.67. The Morgan fingerprint density at radius 1 is 0.846 bits per heavy atom. The molecule has 3 rings (SSSR count). The van der Waals surface area contributed by atoms with Gasteiger partial charge in [-0.1, -0.05) is 60.5 Å². The molecule has 0 saturated heterocycles. The Hall–Kier alpha value is -2.51. The Morgan fingerprint density at radius 3 is 1.73 bits per heavy atom. The summed E-state index contributed by atoms with van der Waals surface area (Å²) in [5.41, 5.74) is 0.0278. The first-order valence-electron chi connectivity index (χ1n) is 8.44. The van der Waals surface area contributed by atoms with Gasteiger partial charge in [-0.25, -0.2) is 4.98 Å². The molecule has 0 aliphatic carbocycles. The largest absolute Gasteiger partial charge is 0.448 e. The van der Waals surface area contributed by atoms with Gasteiger partial charge in [0.2, 0.25) is 18.7 Å². The summed E-state index contributed by atoms with van der Waals surface area (Å²) in [5.74, 6) is 2.61. The van der Waals surface area contributed by atoms with Gasteiger partial charge in [0.1, 0.15) is 6.26 Å². The van der Waals surface area contributed by atoms with Gasteiger partial charge in [0, 0.05) is 16.7 Å². The summed E-state index contributed by atoms with van der Waals surface area (Å²) < 4.78 is 14.6. The van der Waals surface area contributed by atoms with Gasteiger partial charge in [-0.05, 0) is 0 Å². The van der Waals surface area contributed by atoms with Gasteiger partial charge in [0.15, 0.2) is 11.7 Å². The van der Waals surface area contributed by atoms with E-state index in [2.05, 4.69) is 50.6 Å². The van der Waals surface area contributed by atoms with Crippen LogP contribution in [0.5, 0.6) is 0 Å². The molecule has 0 aromatic carbocycles. The fourth-order valence-corrected chi connectivity index (χ4v) is 1.53. The third-order valence-corrected chi connectivity index (χ3v) is 2.97. The van der Waals surface area contributed by atoms with Crippen molar-refractivity contribution < 1.29 is 13.4 Å². The van der Waals surface area contributed by atoms with Crippen LogP contribution in [-0.4, -0.2) is 25.3 Å². The minimum Gasteiger partial charge on any atom is -0.448 e. The Bertz CT molecular complexity index is 647. The molecule has 0 saturated carbocycles. The highest BCUT2D eigenvalue weighted by atomic mass is 16.5. The summed E-state index contributed by atoms with van der Waals surface area (Å²) in [6.07, 6.45) is 5.96. The van der Waals surface area contributed by atoms with E-state index in [0.29, 0.717) is 11.8 Å². The molecule has 0 spiro atoms. The number of nitrogens with zero attached hydrogens (tertiary/aromatic N) is 5. The molecule has 0 atom stereocenters. The van der Waals surface area contributed by atoms with Gasteiger partial charge in [-0.2, -0.15) is 4.98 Å². The first-order chi connectivity index (χ1) is 12.0. The van der Waals surface area contributed by atoms with Crippen LogP contribution in [-0.2, 0) is 10.8 Å². The number of hydrogen-bond donors (Lipinski definition) is 0. The van der Waals surface area contributed by atoms with Crippen molar-refractivity contribution in [3.05, 3.63) is 42.9 Å². The minimum atomic E-state index is -0.0174. The van der Waals surface area contributed by atoms with E-state index in [-0.39, 0.29) is 10.8 Å². The molecule has 0 fully saturated rings. The van der Waals surface area contributed by atoms with Crippen LogP contribution in [0.2, 0.25) is 0 Å². The highest BCUT2D eigenvalue weighted by Gasteiger charge is 2.18. The molecular weight excluding hydrogens is 334 g/mol. The lowest BCUT2D eigenvalue weighted by Gasteiger charge is -2.11. The SMILES string of the molecule is CC(C)(C)c1ncco1.CC(C)(C)c1nnco1.CC(C)c1ncon1. The molecule has 0 radical (unpaired) electrons. The minimum absolute atomic E-state index is 0.0174. The third-order valence-electron chi connectivity index (χ3n) is 2.97. The third kappa shape index (κ3) is 7.58. The van der Waals surface area contributed by atoms with Crippen LogP contribution in [0.25, 0.3) is 0 Å². The second-order valence-electron chi connectivity index (χ2n) is 8.03. The summed E-state index contributed by atoms with van der Waals surface area (Å²) in [7, 11) is 0. The average molecular weight is 363 g/mol. The summed E-state index contributed by atoms with van der Waals surface area (Å²) >= 11 is 0. The zero-order chi connectivity index (χ0) is 19.8. The van der Waals surface area contributed by atoms with Crippen LogP contribution >= 0.6 is 0 Å². The average Bonchev–Trinajstić information content (AvgIpc) is 3.28. The molecule has 0 bridgehead atoms. The fraction of sp³-hybridized carbons (Fsp3) is 0.611. The Balaban J connectivity index is 0.000000195. The lowest BCUT2D eigenvalue weighted by Crippen LogP contribution is -2.11. The Labute approximate surface area is 154 Å². The predicted octanol–water partition coefficient (Wildman–Crippen LogP) is 4.53. The van der Waals surface area contributed by atoms with Crippen molar-refractivity contribution in [3.8, 4) is 0 Å². The summed E-state index contributed by atoms with van der Waals surface area (Å²) in [4.78, 5) is 7.86. The van der Waals surface area contributed by atoms with Crippen LogP contribution in [0.4, 0.5) is 0 Å². The molecule has 26 heavy (non-hydrogen) atoms. The quantitative estimate of drug-likeness (QED) is 0.621. The van der Waals surface area contributed by atoms with Gasteiger partial charge in [0.05, 0.1) is 6.20 Å². The van der Waals surface area contributed by atoms with Crippen LogP contribution < -0.4 is 0 Å². The van der Waals surface area contributed by atoms with Crippen molar-refractivity contribution in [2.24, 2.45) is 0 Å². The number of aromatic nitrogens is 5. The molecule has 0 N–H and O–H groups in total.